The van der Waals surface area contributed by atoms with E-state index in [-0.39, 0.29) is 23.8 Å². The molecule has 0 spiro atoms. The Morgan fingerprint density at radius 2 is 1.88 bits per heavy atom. The average molecular weight is 346 g/mol. The molecule has 1 heterocycles. The van der Waals surface area contributed by atoms with Gasteiger partial charge < -0.3 is 14.0 Å². The van der Waals surface area contributed by atoms with Gasteiger partial charge in [0.2, 0.25) is 5.88 Å². The van der Waals surface area contributed by atoms with Gasteiger partial charge in [-0.05, 0) is 31.2 Å². The van der Waals surface area contributed by atoms with Crippen LogP contribution >= 0.6 is 0 Å². The van der Waals surface area contributed by atoms with E-state index in [2.05, 4.69) is 10.5 Å². The molecule has 0 saturated carbocycles. The number of benzene rings is 1. The first-order valence-electron chi connectivity index (χ1n) is 7.96. The number of hydrogen-bond donors (Lipinski definition) is 1. The van der Waals surface area contributed by atoms with E-state index in [1.54, 1.807) is 37.3 Å². The lowest BCUT2D eigenvalue weighted by molar-refractivity contribution is -0.118. The summed E-state index contributed by atoms with van der Waals surface area (Å²) in [6, 6.07) is 8.05. The van der Waals surface area contributed by atoms with E-state index in [4.69, 9.17) is 14.0 Å². The highest BCUT2D eigenvalue weighted by Crippen LogP contribution is 2.23. The maximum atomic E-state index is 11.9. The minimum atomic E-state index is -0.397. The van der Waals surface area contributed by atoms with E-state index in [1.165, 1.54) is 0 Å². The Balaban J connectivity index is 1.85. The summed E-state index contributed by atoms with van der Waals surface area (Å²) in [6.07, 6.45) is 0. The van der Waals surface area contributed by atoms with Crippen molar-refractivity contribution in [3.63, 3.8) is 0 Å². The molecule has 0 unspecified atom stereocenters. The Kier molecular flexibility index (Phi) is 5.80. The molecule has 134 valence electrons. The van der Waals surface area contributed by atoms with E-state index in [0.717, 1.165) is 5.69 Å². The van der Waals surface area contributed by atoms with Gasteiger partial charge in [0.05, 0.1) is 17.9 Å². The van der Waals surface area contributed by atoms with Crippen molar-refractivity contribution >= 4 is 17.8 Å². The second kappa shape index (κ2) is 7.83. The summed E-state index contributed by atoms with van der Waals surface area (Å²) < 4.78 is 15.4. The third-order valence-corrected chi connectivity index (χ3v) is 3.28. The highest BCUT2D eigenvalue weighted by Gasteiger charge is 2.19. The molecule has 1 amide bonds. The minimum Gasteiger partial charge on any atom is -0.484 e. The number of ether oxygens (including phenoxy) is 2. The number of rotatable bonds is 6. The topological polar surface area (TPSA) is 90.7 Å². The van der Waals surface area contributed by atoms with Crippen molar-refractivity contribution in [3.8, 4) is 5.75 Å². The molecule has 0 aliphatic carbocycles. The van der Waals surface area contributed by atoms with Gasteiger partial charge in [0.15, 0.2) is 6.61 Å². The fraction of sp³-hybridized carbons (Fsp3) is 0.389. The monoisotopic (exact) mass is 346 g/mol. The highest BCUT2D eigenvalue weighted by atomic mass is 16.5. The van der Waals surface area contributed by atoms with Crippen LogP contribution in [0.3, 0.4) is 0 Å². The van der Waals surface area contributed by atoms with Crippen molar-refractivity contribution in [2.24, 2.45) is 0 Å². The van der Waals surface area contributed by atoms with E-state index in [0.29, 0.717) is 17.9 Å². The lowest BCUT2D eigenvalue weighted by Gasteiger charge is -2.12. The summed E-state index contributed by atoms with van der Waals surface area (Å²) in [5.74, 6) is -0.0230. The molecule has 0 aliphatic rings. The maximum absolute atomic E-state index is 11.9. The molecule has 1 aromatic carbocycles. The Morgan fingerprint density at radius 3 is 2.44 bits per heavy atom. The fourth-order valence-corrected chi connectivity index (χ4v) is 1.91. The Hall–Kier alpha value is -2.83. The van der Waals surface area contributed by atoms with Crippen LogP contribution in [0.2, 0.25) is 0 Å². The quantitative estimate of drug-likeness (QED) is 0.808. The van der Waals surface area contributed by atoms with Crippen LogP contribution in [0, 0.1) is 0 Å². The van der Waals surface area contributed by atoms with Crippen LogP contribution in [-0.2, 0) is 14.9 Å². The number of anilines is 1. The Morgan fingerprint density at radius 1 is 1.20 bits per heavy atom. The third-order valence-electron chi connectivity index (χ3n) is 3.28. The minimum absolute atomic E-state index is 0.163. The number of aromatic nitrogens is 1. The summed E-state index contributed by atoms with van der Waals surface area (Å²) in [5, 5.41) is 6.51. The second-order valence-electron chi connectivity index (χ2n) is 6.41. The van der Waals surface area contributed by atoms with Crippen LogP contribution in [0.4, 0.5) is 5.88 Å². The smallest absolute Gasteiger partial charge is 0.338 e. The third kappa shape index (κ3) is 5.34. The van der Waals surface area contributed by atoms with Crippen molar-refractivity contribution in [3.05, 3.63) is 41.6 Å². The molecular formula is C18H22N2O5. The van der Waals surface area contributed by atoms with Gasteiger partial charge in [-0.15, -0.1) is 0 Å². The molecule has 2 rings (SSSR count). The van der Waals surface area contributed by atoms with Gasteiger partial charge >= 0.3 is 5.97 Å². The van der Waals surface area contributed by atoms with E-state index in [1.807, 2.05) is 20.8 Å². The van der Waals surface area contributed by atoms with Crippen LogP contribution < -0.4 is 10.1 Å². The lowest BCUT2D eigenvalue weighted by Crippen LogP contribution is -2.20. The van der Waals surface area contributed by atoms with Gasteiger partial charge in [-0.2, -0.15) is 0 Å². The molecule has 0 bridgehead atoms. The summed E-state index contributed by atoms with van der Waals surface area (Å²) in [5.41, 5.74) is 1.01. The number of amides is 1. The van der Waals surface area contributed by atoms with Gasteiger partial charge in [0.1, 0.15) is 5.75 Å². The first-order valence-corrected chi connectivity index (χ1v) is 7.96. The van der Waals surface area contributed by atoms with E-state index < -0.39 is 5.97 Å². The number of carbonyl (C=O) groups excluding carboxylic acids is 2. The molecule has 7 heteroatoms. The standard InChI is InChI=1S/C18H22N2O5/c1-5-23-17(22)12-6-8-13(9-7-12)24-11-15(21)19-16-10-14(20-25-16)18(2,3)4/h6-10H,5,11H2,1-4H3,(H,19,21). The molecule has 7 nitrogen and oxygen atoms in total. The zero-order chi connectivity index (χ0) is 18.4. The first kappa shape index (κ1) is 18.5. The highest BCUT2D eigenvalue weighted by molar-refractivity contribution is 5.91. The normalized spacial score (nSPS) is 11.0. The molecule has 0 fully saturated rings. The van der Waals surface area contributed by atoms with Gasteiger partial charge in [0, 0.05) is 11.5 Å². The number of carbonyl (C=O) groups is 2. The van der Waals surface area contributed by atoms with Crippen LogP contribution in [0.15, 0.2) is 34.9 Å². The van der Waals surface area contributed by atoms with Gasteiger partial charge in [-0.1, -0.05) is 25.9 Å². The lowest BCUT2D eigenvalue weighted by atomic mass is 9.92. The fourth-order valence-electron chi connectivity index (χ4n) is 1.91. The SMILES string of the molecule is CCOC(=O)c1ccc(OCC(=O)Nc2cc(C(C)(C)C)no2)cc1. The van der Waals surface area contributed by atoms with Gasteiger partial charge in [0.25, 0.3) is 5.91 Å². The molecular weight excluding hydrogens is 324 g/mol. The van der Waals surface area contributed by atoms with Crippen molar-refractivity contribution in [1.29, 1.82) is 0 Å². The van der Waals surface area contributed by atoms with Gasteiger partial charge in [-0.3, -0.25) is 10.1 Å². The summed E-state index contributed by atoms with van der Waals surface area (Å²) >= 11 is 0. The summed E-state index contributed by atoms with van der Waals surface area (Å²) in [6.45, 7) is 7.87. The van der Waals surface area contributed by atoms with E-state index in [9.17, 15) is 9.59 Å². The predicted molar refractivity (Wildman–Crippen MR) is 91.7 cm³/mol. The van der Waals surface area contributed by atoms with Crippen LogP contribution in [-0.4, -0.2) is 30.2 Å². The van der Waals surface area contributed by atoms with Crippen LogP contribution in [0.1, 0.15) is 43.7 Å². The summed E-state index contributed by atoms with van der Waals surface area (Å²) in [7, 11) is 0. The molecule has 0 atom stereocenters. The number of hydrogen-bond acceptors (Lipinski definition) is 6. The van der Waals surface area contributed by atoms with E-state index >= 15 is 0 Å². The maximum Gasteiger partial charge on any atom is 0.338 e. The second-order valence-corrected chi connectivity index (χ2v) is 6.41. The van der Waals surface area contributed by atoms with Crippen molar-refractivity contribution in [2.45, 2.75) is 33.1 Å². The summed E-state index contributed by atoms with van der Waals surface area (Å²) in [4.78, 5) is 23.5. The average Bonchev–Trinajstić information content (AvgIpc) is 3.02. The van der Waals surface area contributed by atoms with Crippen molar-refractivity contribution in [2.75, 3.05) is 18.5 Å². The van der Waals surface area contributed by atoms with Crippen molar-refractivity contribution < 1.29 is 23.6 Å². The molecule has 25 heavy (non-hydrogen) atoms. The largest absolute Gasteiger partial charge is 0.484 e. The molecule has 1 aromatic heterocycles. The Labute approximate surface area is 146 Å². The number of nitrogens with zero attached hydrogens (tertiary/aromatic N) is 1. The Bertz CT molecular complexity index is 729. The molecule has 0 saturated heterocycles. The molecule has 0 radical (unpaired) electrons. The molecule has 1 N–H and O–H groups in total. The van der Waals surface area contributed by atoms with Gasteiger partial charge in [-0.25, -0.2) is 4.79 Å². The molecule has 2 aromatic rings. The van der Waals surface area contributed by atoms with Crippen LogP contribution in [0.25, 0.3) is 0 Å². The zero-order valence-electron chi connectivity index (χ0n) is 14.8. The van der Waals surface area contributed by atoms with Crippen molar-refractivity contribution in [1.82, 2.24) is 5.16 Å². The number of nitrogens with one attached hydrogen (secondary N) is 1. The zero-order valence-corrected chi connectivity index (χ0v) is 14.8. The first-order chi connectivity index (χ1) is 11.8. The van der Waals surface area contributed by atoms with Crippen LogP contribution in [0.5, 0.6) is 5.75 Å². The predicted octanol–water partition coefficient (Wildman–Crippen LogP) is 3.17. The molecule has 0 aliphatic heterocycles. The number of esters is 1.